The zero-order valence-electron chi connectivity index (χ0n) is 16.0. The maximum Gasteiger partial charge on any atom is 0.264 e. The third-order valence-electron chi connectivity index (χ3n) is 5.22. The molecule has 1 aliphatic rings. The first kappa shape index (κ1) is 17.8. The van der Waals surface area contributed by atoms with Crippen molar-refractivity contribution in [3.8, 4) is 17.0 Å². The third kappa shape index (κ3) is 3.25. The molecular formula is C23H19N3O2S. The number of thiophene rings is 1. The van der Waals surface area contributed by atoms with Gasteiger partial charge >= 0.3 is 0 Å². The largest absolute Gasteiger partial charge is 0.467 e. The van der Waals surface area contributed by atoms with E-state index < -0.39 is 0 Å². The molecule has 0 saturated heterocycles. The summed E-state index contributed by atoms with van der Waals surface area (Å²) in [6.07, 6.45) is 2.37. The van der Waals surface area contributed by atoms with Crippen LogP contribution in [0.25, 0.3) is 21.3 Å². The summed E-state index contributed by atoms with van der Waals surface area (Å²) in [7, 11) is 0. The van der Waals surface area contributed by atoms with Crippen LogP contribution in [0.5, 0.6) is 5.88 Å². The van der Waals surface area contributed by atoms with E-state index in [0.29, 0.717) is 12.4 Å². The van der Waals surface area contributed by atoms with Crippen LogP contribution in [0.4, 0.5) is 5.69 Å². The molecule has 0 spiro atoms. The monoisotopic (exact) mass is 401 g/mol. The predicted octanol–water partition coefficient (Wildman–Crippen LogP) is 4.63. The number of aryl methyl sites for hydroxylation is 1. The molecule has 1 aliphatic heterocycles. The van der Waals surface area contributed by atoms with Crippen LogP contribution in [0.1, 0.15) is 11.1 Å². The number of carbonyl (C=O) groups excluding carboxylic acids is 1. The summed E-state index contributed by atoms with van der Waals surface area (Å²) in [5, 5.41) is 2.92. The lowest BCUT2D eigenvalue weighted by molar-refractivity contribution is -0.120. The minimum absolute atomic E-state index is 0.0520. The average molecular weight is 401 g/mol. The lowest BCUT2D eigenvalue weighted by Crippen LogP contribution is -2.33. The second-order valence-electron chi connectivity index (χ2n) is 7.09. The summed E-state index contributed by atoms with van der Waals surface area (Å²) in [6.45, 7) is 2.70. The van der Waals surface area contributed by atoms with Crippen molar-refractivity contribution < 1.29 is 9.53 Å². The Morgan fingerprint density at radius 3 is 2.83 bits per heavy atom. The molecule has 2 aromatic heterocycles. The van der Waals surface area contributed by atoms with Crippen molar-refractivity contribution in [1.29, 1.82) is 0 Å². The Bertz CT molecular complexity index is 1200. The lowest BCUT2D eigenvalue weighted by atomic mass is 10.0. The van der Waals surface area contributed by atoms with Gasteiger partial charge in [0, 0.05) is 23.2 Å². The van der Waals surface area contributed by atoms with Gasteiger partial charge in [0.25, 0.3) is 5.91 Å². The van der Waals surface area contributed by atoms with Gasteiger partial charge in [-0.1, -0.05) is 48.0 Å². The summed E-state index contributed by atoms with van der Waals surface area (Å²) in [6, 6.07) is 16.3. The topological polar surface area (TPSA) is 55.3 Å². The lowest BCUT2D eigenvalue weighted by Gasteiger charge is -2.17. The van der Waals surface area contributed by atoms with Gasteiger partial charge in [0.15, 0.2) is 6.61 Å². The van der Waals surface area contributed by atoms with Crippen LogP contribution in [-0.2, 0) is 11.2 Å². The quantitative estimate of drug-likeness (QED) is 0.500. The van der Waals surface area contributed by atoms with E-state index in [4.69, 9.17) is 4.74 Å². The number of carbonyl (C=O) groups is 1. The first-order valence-corrected chi connectivity index (χ1v) is 10.4. The molecule has 29 heavy (non-hydrogen) atoms. The van der Waals surface area contributed by atoms with Gasteiger partial charge in [-0.3, -0.25) is 4.79 Å². The Balaban J connectivity index is 1.42. The SMILES string of the molecule is Cc1ccc(-c2csc3ncnc(OCC(=O)N4CCc5ccccc54)c23)cc1. The van der Waals surface area contributed by atoms with Crippen molar-refractivity contribution in [2.24, 2.45) is 0 Å². The highest BCUT2D eigenvalue weighted by Crippen LogP contribution is 2.37. The maximum absolute atomic E-state index is 12.8. The van der Waals surface area contributed by atoms with Gasteiger partial charge < -0.3 is 9.64 Å². The molecule has 4 aromatic rings. The van der Waals surface area contributed by atoms with Crippen LogP contribution < -0.4 is 9.64 Å². The van der Waals surface area contributed by atoms with Gasteiger partial charge in [0.2, 0.25) is 5.88 Å². The fourth-order valence-electron chi connectivity index (χ4n) is 3.71. The molecule has 0 fully saturated rings. The molecule has 3 heterocycles. The van der Waals surface area contributed by atoms with E-state index in [-0.39, 0.29) is 12.5 Å². The molecule has 0 N–H and O–H groups in total. The fourth-order valence-corrected chi connectivity index (χ4v) is 4.61. The standard InChI is InChI=1S/C23H19N3O2S/c1-15-6-8-16(9-7-15)18-13-29-23-21(18)22(24-14-25-23)28-12-20(27)26-11-10-17-4-2-3-5-19(17)26/h2-9,13-14H,10-12H2,1H3. The van der Waals surface area contributed by atoms with Crippen LogP contribution in [0.15, 0.2) is 60.2 Å². The van der Waals surface area contributed by atoms with Crippen molar-refractivity contribution >= 4 is 33.1 Å². The molecule has 6 heteroatoms. The predicted molar refractivity (Wildman–Crippen MR) is 116 cm³/mol. The van der Waals surface area contributed by atoms with Gasteiger partial charge in [-0.25, -0.2) is 9.97 Å². The number of para-hydroxylation sites is 1. The van der Waals surface area contributed by atoms with E-state index in [1.165, 1.54) is 17.5 Å². The Kier molecular flexibility index (Phi) is 4.48. The van der Waals surface area contributed by atoms with E-state index in [2.05, 4.69) is 52.6 Å². The van der Waals surface area contributed by atoms with Crippen LogP contribution in [0.3, 0.4) is 0 Å². The van der Waals surface area contributed by atoms with Crippen LogP contribution in [-0.4, -0.2) is 29.0 Å². The number of hydrogen-bond donors (Lipinski definition) is 0. The van der Waals surface area contributed by atoms with Crippen molar-refractivity contribution in [3.63, 3.8) is 0 Å². The van der Waals surface area contributed by atoms with Gasteiger partial charge in [0.05, 0.1) is 5.39 Å². The molecule has 0 aliphatic carbocycles. The van der Waals surface area contributed by atoms with Crippen LogP contribution in [0, 0.1) is 6.92 Å². The highest BCUT2D eigenvalue weighted by atomic mass is 32.1. The summed E-state index contributed by atoms with van der Waals surface area (Å²) >= 11 is 1.55. The van der Waals surface area contributed by atoms with E-state index in [9.17, 15) is 4.79 Å². The van der Waals surface area contributed by atoms with Crippen LogP contribution in [0.2, 0.25) is 0 Å². The minimum Gasteiger partial charge on any atom is -0.467 e. The molecule has 0 saturated carbocycles. The second kappa shape index (κ2) is 7.29. The Morgan fingerprint density at radius 2 is 1.97 bits per heavy atom. The van der Waals surface area contributed by atoms with Gasteiger partial charge in [-0.05, 0) is 30.5 Å². The van der Waals surface area contributed by atoms with Crippen molar-refractivity contribution in [1.82, 2.24) is 9.97 Å². The molecule has 0 unspecified atom stereocenters. The molecule has 1 amide bonds. The number of ether oxygens (including phenoxy) is 1. The first-order chi connectivity index (χ1) is 14.2. The molecule has 5 rings (SSSR count). The van der Waals surface area contributed by atoms with E-state index >= 15 is 0 Å². The van der Waals surface area contributed by atoms with Crippen molar-refractivity contribution in [3.05, 3.63) is 71.4 Å². The number of hydrogen-bond acceptors (Lipinski definition) is 5. The number of fused-ring (bicyclic) bond motifs is 2. The molecule has 2 aromatic carbocycles. The van der Waals surface area contributed by atoms with E-state index in [0.717, 1.165) is 33.5 Å². The summed E-state index contributed by atoms with van der Waals surface area (Å²) in [5.41, 5.74) is 5.49. The van der Waals surface area contributed by atoms with Crippen molar-refractivity contribution in [2.45, 2.75) is 13.3 Å². The minimum atomic E-state index is -0.0613. The Hall–Kier alpha value is -3.25. The number of amides is 1. The molecule has 0 bridgehead atoms. The zero-order chi connectivity index (χ0) is 19.8. The number of rotatable bonds is 4. The average Bonchev–Trinajstić information content (AvgIpc) is 3.37. The van der Waals surface area contributed by atoms with Gasteiger partial charge in [-0.2, -0.15) is 0 Å². The second-order valence-corrected chi connectivity index (χ2v) is 7.95. The molecule has 0 radical (unpaired) electrons. The zero-order valence-corrected chi connectivity index (χ0v) is 16.8. The number of benzene rings is 2. The molecular weight excluding hydrogens is 382 g/mol. The first-order valence-electron chi connectivity index (χ1n) is 9.51. The normalized spacial score (nSPS) is 12.9. The third-order valence-corrected chi connectivity index (χ3v) is 6.10. The highest BCUT2D eigenvalue weighted by molar-refractivity contribution is 7.17. The summed E-state index contributed by atoms with van der Waals surface area (Å²) in [4.78, 5) is 24.2. The molecule has 144 valence electrons. The Labute approximate surface area is 172 Å². The number of anilines is 1. The number of nitrogens with zero attached hydrogens (tertiary/aromatic N) is 3. The smallest absolute Gasteiger partial charge is 0.264 e. The van der Waals surface area contributed by atoms with Crippen LogP contribution >= 0.6 is 11.3 Å². The Morgan fingerprint density at radius 1 is 1.14 bits per heavy atom. The highest BCUT2D eigenvalue weighted by Gasteiger charge is 2.25. The summed E-state index contributed by atoms with van der Waals surface area (Å²) < 4.78 is 5.92. The summed E-state index contributed by atoms with van der Waals surface area (Å²) in [5.74, 6) is 0.390. The molecule has 0 atom stereocenters. The van der Waals surface area contributed by atoms with E-state index in [1.807, 2.05) is 18.2 Å². The number of aromatic nitrogens is 2. The van der Waals surface area contributed by atoms with Crippen molar-refractivity contribution in [2.75, 3.05) is 18.1 Å². The van der Waals surface area contributed by atoms with Gasteiger partial charge in [-0.15, -0.1) is 11.3 Å². The van der Waals surface area contributed by atoms with Gasteiger partial charge in [0.1, 0.15) is 11.2 Å². The fraction of sp³-hybridized carbons (Fsp3) is 0.174. The maximum atomic E-state index is 12.8. The van der Waals surface area contributed by atoms with E-state index in [1.54, 1.807) is 16.2 Å². The molecule has 5 nitrogen and oxygen atoms in total.